The van der Waals surface area contributed by atoms with E-state index in [-0.39, 0.29) is 0 Å². The first-order valence-electron chi connectivity index (χ1n) is 10.2. The summed E-state index contributed by atoms with van der Waals surface area (Å²) in [5.74, 6) is 2.14. The van der Waals surface area contributed by atoms with E-state index in [0.29, 0.717) is 18.1 Å². The Kier molecular flexibility index (Phi) is 7.19. The number of rotatable bonds is 9. The van der Waals surface area contributed by atoms with Gasteiger partial charge in [0.1, 0.15) is 12.9 Å². The molecule has 3 aromatic carbocycles. The molecule has 7 heteroatoms. The molecule has 0 radical (unpaired) electrons. The highest BCUT2D eigenvalue weighted by Gasteiger charge is 2.07. The zero-order valence-corrected chi connectivity index (χ0v) is 18.8. The molecule has 0 aliphatic heterocycles. The summed E-state index contributed by atoms with van der Waals surface area (Å²) in [6.45, 7) is 2.56. The van der Waals surface area contributed by atoms with Crippen LogP contribution in [0.3, 0.4) is 0 Å². The van der Waals surface area contributed by atoms with Crippen LogP contribution in [0, 0.1) is 6.92 Å². The average molecular weight is 445 g/mol. The third-order valence-electron chi connectivity index (χ3n) is 4.74. The lowest BCUT2D eigenvalue weighted by Gasteiger charge is -2.11. The van der Waals surface area contributed by atoms with Gasteiger partial charge in [-0.3, -0.25) is 0 Å². The lowest BCUT2D eigenvalue weighted by molar-refractivity contribution is 0.284. The Morgan fingerprint density at radius 1 is 0.969 bits per heavy atom. The van der Waals surface area contributed by atoms with Crippen LogP contribution in [-0.2, 0) is 12.4 Å². The van der Waals surface area contributed by atoms with Gasteiger partial charge in [0.05, 0.1) is 13.3 Å². The molecule has 0 bridgehead atoms. The molecule has 1 aromatic heterocycles. The van der Waals surface area contributed by atoms with Gasteiger partial charge in [-0.15, -0.1) is 10.2 Å². The van der Waals surface area contributed by atoms with Crippen LogP contribution in [0.2, 0.25) is 0 Å². The van der Waals surface area contributed by atoms with E-state index < -0.39 is 0 Å². The van der Waals surface area contributed by atoms with Crippen molar-refractivity contribution in [1.82, 2.24) is 14.9 Å². The van der Waals surface area contributed by atoms with Gasteiger partial charge >= 0.3 is 0 Å². The summed E-state index contributed by atoms with van der Waals surface area (Å²) in [4.78, 5) is 0. The molecule has 162 valence electrons. The van der Waals surface area contributed by atoms with Crippen molar-refractivity contribution in [2.45, 2.75) is 24.4 Å². The van der Waals surface area contributed by atoms with Crippen molar-refractivity contribution in [3.63, 3.8) is 0 Å². The van der Waals surface area contributed by atoms with Gasteiger partial charge in [-0.1, -0.05) is 71.9 Å². The van der Waals surface area contributed by atoms with Gasteiger partial charge in [-0.25, -0.2) is 0 Å². The smallest absolute Gasteiger partial charge is 0.212 e. The normalized spacial score (nSPS) is 11.1. The number of hydrogen-bond acceptors (Lipinski definition) is 6. The molecule has 0 saturated carbocycles. The number of aromatic nitrogens is 3. The maximum Gasteiger partial charge on any atom is 0.212 e. The Labute approximate surface area is 191 Å². The van der Waals surface area contributed by atoms with E-state index in [2.05, 4.69) is 46.5 Å². The zero-order chi connectivity index (χ0) is 22.2. The molecule has 0 unspecified atom stereocenters. The fraction of sp³-hybridized carbons (Fsp3) is 0.160. The highest BCUT2D eigenvalue weighted by molar-refractivity contribution is 7.98. The van der Waals surface area contributed by atoms with Crippen molar-refractivity contribution >= 4 is 18.0 Å². The van der Waals surface area contributed by atoms with Crippen molar-refractivity contribution in [2.24, 2.45) is 5.10 Å². The first-order valence-corrected chi connectivity index (χ1v) is 11.2. The summed E-state index contributed by atoms with van der Waals surface area (Å²) >= 11 is 1.59. The number of methoxy groups -OCH3 is 1. The van der Waals surface area contributed by atoms with Crippen LogP contribution in [0.4, 0.5) is 0 Å². The lowest BCUT2D eigenvalue weighted by Crippen LogP contribution is -1.98. The van der Waals surface area contributed by atoms with E-state index in [1.54, 1.807) is 36.1 Å². The fourth-order valence-electron chi connectivity index (χ4n) is 2.97. The predicted octanol–water partition coefficient (Wildman–Crippen LogP) is 5.35. The Bertz CT molecular complexity index is 1170. The van der Waals surface area contributed by atoms with Crippen LogP contribution in [0.1, 0.15) is 22.3 Å². The maximum atomic E-state index is 5.92. The van der Waals surface area contributed by atoms with Crippen LogP contribution in [-0.4, -0.2) is 28.2 Å². The monoisotopic (exact) mass is 444 g/mol. The molecule has 0 N–H and O–H groups in total. The van der Waals surface area contributed by atoms with Gasteiger partial charge in [-0.2, -0.15) is 9.78 Å². The van der Waals surface area contributed by atoms with Crippen molar-refractivity contribution in [3.8, 4) is 11.5 Å². The number of benzene rings is 3. The number of nitrogens with zero attached hydrogens (tertiary/aromatic N) is 4. The van der Waals surface area contributed by atoms with Gasteiger partial charge in [0.25, 0.3) is 0 Å². The fourth-order valence-corrected chi connectivity index (χ4v) is 3.79. The molecule has 0 aliphatic carbocycles. The first kappa shape index (κ1) is 21.6. The van der Waals surface area contributed by atoms with Gasteiger partial charge < -0.3 is 9.47 Å². The zero-order valence-electron chi connectivity index (χ0n) is 18.0. The summed E-state index contributed by atoms with van der Waals surface area (Å²) in [6.07, 6.45) is 3.35. The Morgan fingerprint density at radius 2 is 1.78 bits per heavy atom. The molecule has 6 nitrogen and oxygen atoms in total. The Morgan fingerprint density at radius 3 is 2.56 bits per heavy atom. The second kappa shape index (κ2) is 10.6. The van der Waals surface area contributed by atoms with Crippen molar-refractivity contribution < 1.29 is 9.47 Å². The number of thioether (sulfide) groups is 1. The minimum atomic E-state index is 0.479. The maximum absolute atomic E-state index is 5.92. The summed E-state index contributed by atoms with van der Waals surface area (Å²) in [7, 11) is 1.63. The summed E-state index contributed by atoms with van der Waals surface area (Å²) in [5, 5.41) is 13.4. The van der Waals surface area contributed by atoms with Crippen LogP contribution in [0.15, 0.2) is 89.4 Å². The molecule has 4 rings (SSSR count). The third kappa shape index (κ3) is 5.76. The van der Waals surface area contributed by atoms with E-state index >= 15 is 0 Å². The predicted molar refractivity (Wildman–Crippen MR) is 128 cm³/mol. The molecule has 4 aromatic rings. The Balaban J connectivity index is 1.41. The highest BCUT2D eigenvalue weighted by Crippen LogP contribution is 2.28. The first-order chi connectivity index (χ1) is 15.7. The molecule has 0 spiro atoms. The summed E-state index contributed by atoms with van der Waals surface area (Å²) in [6, 6.07) is 24.2. The molecule has 32 heavy (non-hydrogen) atoms. The van der Waals surface area contributed by atoms with E-state index in [0.717, 1.165) is 22.0 Å². The van der Waals surface area contributed by atoms with Crippen molar-refractivity contribution in [1.29, 1.82) is 0 Å². The quantitative estimate of drug-likeness (QED) is 0.257. The molecule has 0 aliphatic rings. The SMILES string of the molecule is COc1cc(/C=N\n2cnnc2SCc2ccc(C)cc2)ccc1OCc1ccccc1. The highest BCUT2D eigenvalue weighted by atomic mass is 32.2. The molecular weight excluding hydrogens is 420 g/mol. The van der Waals surface area contributed by atoms with Gasteiger partial charge in [0.15, 0.2) is 11.5 Å². The van der Waals surface area contributed by atoms with Crippen LogP contribution >= 0.6 is 11.8 Å². The number of aryl methyl sites for hydroxylation is 1. The van der Waals surface area contributed by atoms with Crippen LogP contribution in [0.5, 0.6) is 11.5 Å². The molecular formula is C25H24N4O2S. The van der Waals surface area contributed by atoms with E-state index in [4.69, 9.17) is 9.47 Å². The van der Waals surface area contributed by atoms with Crippen molar-refractivity contribution in [3.05, 3.63) is 101 Å². The topological polar surface area (TPSA) is 61.5 Å². The van der Waals surface area contributed by atoms with E-state index in [1.165, 1.54) is 11.1 Å². The average Bonchev–Trinajstić information content (AvgIpc) is 3.29. The molecule has 0 atom stereocenters. The van der Waals surface area contributed by atoms with Crippen molar-refractivity contribution in [2.75, 3.05) is 7.11 Å². The standard InChI is InChI=1S/C25H24N4O2S/c1-19-8-10-21(11-9-19)17-32-25-28-26-18-29(25)27-15-22-12-13-23(24(14-22)30-2)31-16-20-6-4-3-5-7-20/h3-15,18H,16-17H2,1-2H3/b27-15-. The molecule has 1 heterocycles. The van der Waals surface area contributed by atoms with E-state index in [9.17, 15) is 0 Å². The Hall–Kier alpha value is -3.58. The minimum Gasteiger partial charge on any atom is -0.493 e. The van der Waals surface area contributed by atoms with Crippen LogP contribution < -0.4 is 9.47 Å². The third-order valence-corrected chi connectivity index (χ3v) is 5.75. The van der Waals surface area contributed by atoms with Gasteiger partial charge in [0.2, 0.25) is 5.16 Å². The summed E-state index contributed by atoms with van der Waals surface area (Å²) in [5.41, 5.74) is 4.47. The second-order valence-corrected chi connectivity index (χ2v) is 8.10. The summed E-state index contributed by atoms with van der Waals surface area (Å²) < 4.78 is 13.1. The minimum absolute atomic E-state index is 0.479. The number of ether oxygens (including phenoxy) is 2. The molecule has 0 saturated heterocycles. The van der Waals surface area contributed by atoms with Gasteiger partial charge in [-0.05, 0) is 41.8 Å². The molecule has 0 fully saturated rings. The largest absolute Gasteiger partial charge is 0.493 e. The molecule has 0 amide bonds. The lowest BCUT2D eigenvalue weighted by atomic mass is 10.2. The van der Waals surface area contributed by atoms with Crippen LogP contribution in [0.25, 0.3) is 0 Å². The number of hydrogen-bond donors (Lipinski definition) is 0. The van der Waals surface area contributed by atoms with Gasteiger partial charge in [0, 0.05) is 5.75 Å². The second-order valence-electron chi connectivity index (χ2n) is 7.16. The van der Waals surface area contributed by atoms with E-state index in [1.807, 2.05) is 48.5 Å².